The van der Waals surface area contributed by atoms with Crippen LogP contribution in [0.4, 0.5) is 0 Å². The molecule has 0 radical (unpaired) electrons. The molecule has 1 aliphatic heterocycles. The van der Waals surface area contributed by atoms with Crippen molar-refractivity contribution < 1.29 is 4.74 Å². The van der Waals surface area contributed by atoms with Crippen molar-refractivity contribution in [3.8, 4) is 0 Å². The summed E-state index contributed by atoms with van der Waals surface area (Å²) in [5.74, 6) is 0.577. The van der Waals surface area contributed by atoms with Crippen LogP contribution in [0.3, 0.4) is 0 Å². The lowest BCUT2D eigenvalue weighted by atomic mass is 9.90. The number of hydrogen-bond donors (Lipinski definition) is 1. The minimum atomic E-state index is 0.376. The van der Waals surface area contributed by atoms with Crippen LogP contribution in [0.25, 0.3) is 0 Å². The Morgan fingerprint density at radius 1 is 1.69 bits per heavy atom. The van der Waals surface area contributed by atoms with E-state index in [1.54, 1.807) is 0 Å². The molecule has 0 aliphatic carbocycles. The fourth-order valence-corrected chi connectivity index (χ4v) is 2.42. The third-order valence-electron chi connectivity index (χ3n) is 3.31. The molecular weight excluding hydrogens is 202 g/mol. The lowest BCUT2D eigenvalue weighted by Crippen LogP contribution is -2.31. The lowest BCUT2D eigenvalue weighted by Gasteiger charge is -2.29. The molecule has 4 heteroatoms. The van der Waals surface area contributed by atoms with E-state index < -0.39 is 0 Å². The molecule has 1 saturated heterocycles. The summed E-state index contributed by atoms with van der Waals surface area (Å²) in [6.45, 7) is 4.82. The number of nitrogens with one attached hydrogen (secondary N) is 1. The molecule has 90 valence electrons. The largest absolute Gasteiger partial charge is 0.381 e. The molecule has 2 rings (SSSR count). The predicted octanol–water partition coefficient (Wildman–Crippen LogP) is 1.59. The second kappa shape index (κ2) is 5.46. The summed E-state index contributed by atoms with van der Waals surface area (Å²) >= 11 is 0. The van der Waals surface area contributed by atoms with Crippen LogP contribution in [0.2, 0.25) is 0 Å². The van der Waals surface area contributed by atoms with Crippen LogP contribution in [0, 0.1) is 5.92 Å². The number of nitrogens with zero attached hydrogens (tertiary/aromatic N) is 2. The molecule has 0 saturated carbocycles. The minimum Gasteiger partial charge on any atom is -0.381 e. The highest BCUT2D eigenvalue weighted by Gasteiger charge is 2.25. The quantitative estimate of drug-likeness (QED) is 0.842. The Hall–Kier alpha value is -0.870. The van der Waals surface area contributed by atoms with Crippen LogP contribution in [0.1, 0.15) is 31.4 Å². The Morgan fingerprint density at radius 3 is 3.12 bits per heavy atom. The van der Waals surface area contributed by atoms with Crippen molar-refractivity contribution in [3.05, 3.63) is 18.0 Å². The Bertz CT molecular complexity index is 318. The topological polar surface area (TPSA) is 39.1 Å². The monoisotopic (exact) mass is 223 g/mol. The zero-order chi connectivity index (χ0) is 11.4. The van der Waals surface area contributed by atoms with E-state index in [0.717, 1.165) is 19.8 Å². The Labute approximate surface area is 97.0 Å². The maximum atomic E-state index is 5.55. The second-order valence-electron chi connectivity index (χ2n) is 4.37. The lowest BCUT2D eigenvalue weighted by molar-refractivity contribution is 0.0402. The summed E-state index contributed by atoms with van der Waals surface area (Å²) in [5.41, 5.74) is 1.28. The van der Waals surface area contributed by atoms with E-state index in [2.05, 4.69) is 23.5 Å². The van der Waals surface area contributed by atoms with Gasteiger partial charge in [-0.3, -0.25) is 4.68 Å². The summed E-state index contributed by atoms with van der Waals surface area (Å²) in [6.07, 6.45) is 6.52. The smallest absolute Gasteiger partial charge is 0.0537 e. The van der Waals surface area contributed by atoms with Gasteiger partial charge in [-0.25, -0.2) is 0 Å². The molecule has 16 heavy (non-hydrogen) atoms. The fraction of sp³-hybridized carbons (Fsp3) is 0.750. The Kier molecular flexibility index (Phi) is 3.96. The molecule has 0 bridgehead atoms. The van der Waals surface area contributed by atoms with Gasteiger partial charge in [0.25, 0.3) is 0 Å². The first-order valence-electron chi connectivity index (χ1n) is 6.12. The third kappa shape index (κ3) is 2.44. The van der Waals surface area contributed by atoms with Crippen LogP contribution in [0.5, 0.6) is 0 Å². The highest BCUT2D eigenvalue weighted by Crippen LogP contribution is 2.28. The van der Waals surface area contributed by atoms with Gasteiger partial charge in [0.15, 0.2) is 0 Å². The molecule has 1 fully saturated rings. The zero-order valence-corrected chi connectivity index (χ0v) is 10.1. The summed E-state index contributed by atoms with van der Waals surface area (Å²) in [7, 11) is 2.02. The van der Waals surface area contributed by atoms with E-state index in [0.29, 0.717) is 12.0 Å². The van der Waals surface area contributed by atoms with E-state index in [-0.39, 0.29) is 0 Å². The van der Waals surface area contributed by atoms with E-state index in [1.807, 2.05) is 17.9 Å². The molecule has 2 unspecified atom stereocenters. The molecule has 2 heterocycles. The number of hydrogen-bond acceptors (Lipinski definition) is 3. The molecular formula is C12H21N3O. The summed E-state index contributed by atoms with van der Waals surface area (Å²) in [5, 5.41) is 7.73. The van der Waals surface area contributed by atoms with Gasteiger partial charge in [-0.15, -0.1) is 0 Å². The second-order valence-corrected chi connectivity index (χ2v) is 4.37. The van der Waals surface area contributed by atoms with E-state index >= 15 is 0 Å². The molecule has 4 nitrogen and oxygen atoms in total. The van der Waals surface area contributed by atoms with Gasteiger partial charge >= 0.3 is 0 Å². The van der Waals surface area contributed by atoms with Crippen molar-refractivity contribution >= 4 is 0 Å². The minimum absolute atomic E-state index is 0.376. The van der Waals surface area contributed by atoms with Crippen molar-refractivity contribution in [2.45, 2.75) is 32.4 Å². The maximum Gasteiger partial charge on any atom is 0.0537 e. The molecule has 1 aromatic rings. The SMILES string of the molecule is CCn1cc(C(NC)C2CCCOC2)cn1. The molecule has 0 aromatic carbocycles. The van der Waals surface area contributed by atoms with Crippen molar-refractivity contribution in [2.75, 3.05) is 20.3 Å². The molecule has 1 aliphatic rings. The van der Waals surface area contributed by atoms with Gasteiger partial charge in [0.1, 0.15) is 0 Å². The highest BCUT2D eigenvalue weighted by atomic mass is 16.5. The van der Waals surface area contributed by atoms with Crippen molar-refractivity contribution in [3.63, 3.8) is 0 Å². The van der Waals surface area contributed by atoms with E-state index in [4.69, 9.17) is 4.74 Å². The van der Waals surface area contributed by atoms with Crippen molar-refractivity contribution in [1.82, 2.24) is 15.1 Å². The standard InChI is InChI=1S/C12H21N3O/c1-3-15-8-11(7-14-15)12(13-2)10-5-4-6-16-9-10/h7-8,10,12-13H,3-6,9H2,1-2H3. The number of aromatic nitrogens is 2. The molecule has 0 amide bonds. The van der Waals surface area contributed by atoms with Gasteiger partial charge in [-0.2, -0.15) is 5.10 Å². The predicted molar refractivity (Wildman–Crippen MR) is 63.2 cm³/mol. The van der Waals surface area contributed by atoms with E-state index in [1.165, 1.54) is 18.4 Å². The van der Waals surface area contributed by atoms with Crippen molar-refractivity contribution in [1.29, 1.82) is 0 Å². The first-order valence-corrected chi connectivity index (χ1v) is 6.12. The first-order chi connectivity index (χ1) is 7.85. The summed E-state index contributed by atoms with van der Waals surface area (Å²) < 4.78 is 7.53. The number of ether oxygens (including phenoxy) is 1. The molecule has 1 N–H and O–H groups in total. The molecule has 0 spiro atoms. The van der Waals surface area contributed by atoms with Crippen LogP contribution >= 0.6 is 0 Å². The normalized spacial score (nSPS) is 23.2. The van der Waals surface area contributed by atoms with Crippen LogP contribution in [-0.4, -0.2) is 30.0 Å². The van der Waals surface area contributed by atoms with Gasteiger partial charge in [0, 0.05) is 36.9 Å². The fourth-order valence-electron chi connectivity index (χ4n) is 2.42. The van der Waals surface area contributed by atoms with Gasteiger partial charge in [-0.1, -0.05) is 0 Å². The zero-order valence-electron chi connectivity index (χ0n) is 10.1. The van der Waals surface area contributed by atoms with Gasteiger partial charge in [0.05, 0.1) is 12.8 Å². The van der Waals surface area contributed by atoms with Crippen LogP contribution in [0.15, 0.2) is 12.4 Å². The average Bonchev–Trinajstić information content (AvgIpc) is 2.80. The Balaban J connectivity index is 2.08. The Morgan fingerprint density at radius 2 is 2.56 bits per heavy atom. The number of rotatable bonds is 4. The van der Waals surface area contributed by atoms with Gasteiger partial charge in [0.2, 0.25) is 0 Å². The third-order valence-corrected chi connectivity index (χ3v) is 3.31. The summed E-state index contributed by atoms with van der Waals surface area (Å²) in [6, 6.07) is 0.376. The van der Waals surface area contributed by atoms with Crippen molar-refractivity contribution in [2.24, 2.45) is 5.92 Å². The molecule has 1 aromatic heterocycles. The summed E-state index contributed by atoms with van der Waals surface area (Å²) in [4.78, 5) is 0. The first kappa shape index (κ1) is 11.6. The van der Waals surface area contributed by atoms with E-state index in [9.17, 15) is 0 Å². The highest BCUT2D eigenvalue weighted by molar-refractivity contribution is 5.12. The van der Waals surface area contributed by atoms with Gasteiger partial charge < -0.3 is 10.1 Å². The maximum absolute atomic E-state index is 5.55. The molecule has 2 atom stereocenters. The number of aryl methyl sites for hydroxylation is 1. The van der Waals surface area contributed by atoms with Crippen LogP contribution in [-0.2, 0) is 11.3 Å². The average molecular weight is 223 g/mol. The van der Waals surface area contributed by atoms with Crippen LogP contribution < -0.4 is 5.32 Å². The van der Waals surface area contributed by atoms with Gasteiger partial charge in [-0.05, 0) is 26.8 Å².